The van der Waals surface area contributed by atoms with Crippen molar-refractivity contribution in [2.45, 2.75) is 80.1 Å². The quantitative estimate of drug-likeness (QED) is 0.609. The average molecular weight is 407 g/mol. The minimum atomic E-state index is -0.132. The lowest BCUT2D eigenvalue weighted by molar-refractivity contribution is -0.132. The predicted molar refractivity (Wildman–Crippen MR) is 120 cm³/mol. The molecule has 0 aromatic heterocycles. The van der Waals surface area contributed by atoms with Gasteiger partial charge in [-0.2, -0.15) is 0 Å². The Labute approximate surface area is 182 Å². The molecular weight excluding hydrogens is 368 g/mol. The molecule has 0 amide bonds. The van der Waals surface area contributed by atoms with Gasteiger partial charge in [-0.15, -0.1) is 0 Å². The predicted octanol–water partition coefficient (Wildman–Crippen LogP) is 6.05. The Kier molecular flexibility index (Phi) is 4.15. The van der Waals surface area contributed by atoms with Crippen molar-refractivity contribution in [2.75, 3.05) is 0 Å². The molecule has 1 aromatic rings. The Morgan fingerprint density at radius 3 is 1.27 bits per heavy atom. The number of carbonyl (C=O) groups is 2. The number of hydrogen-bond acceptors (Lipinski definition) is 2. The molecule has 0 saturated heterocycles. The molecule has 6 atom stereocenters. The molecule has 0 spiro atoms. The van der Waals surface area contributed by atoms with Gasteiger partial charge in [0.1, 0.15) is 11.6 Å². The van der Waals surface area contributed by atoms with E-state index < -0.39 is 0 Å². The summed E-state index contributed by atoms with van der Waals surface area (Å²) in [4.78, 5) is 26.3. The van der Waals surface area contributed by atoms with Crippen LogP contribution in [0.5, 0.6) is 0 Å². The zero-order valence-electron chi connectivity index (χ0n) is 19.7. The minimum absolute atomic E-state index is 0.125. The summed E-state index contributed by atoms with van der Waals surface area (Å²) in [5.41, 5.74) is 2.53. The van der Waals surface area contributed by atoms with Gasteiger partial charge in [0.05, 0.1) is 0 Å². The number of Topliss-reactive ketones (excluding diaryl/α,β-unsaturated/α-hetero) is 2. The third-order valence-electron chi connectivity index (χ3n) is 11.3. The van der Waals surface area contributed by atoms with Crippen LogP contribution in [0.2, 0.25) is 0 Å². The van der Waals surface area contributed by atoms with Gasteiger partial charge in [-0.1, -0.05) is 65.8 Å². The molecule has 162 valence electrons. The summed E-state index contributed by atoms with van der Waals surface area (Å²) in [7, 11) is 0. The smallest absolute Gasteiger partial charge is 0.142 e. The van der Waals surface area contributed by atoms with Crippen molar-refractivity contribution in [1.29, 1.82) is 0 Å². The molecule has 4 saturated carbocycles. The van der Waals surface area contributed by atoms with E-state index in [2.05, 4.69) is 65.8 Å². The summed E-state index contributed by atoms with van der Waals surface area (Å²) in [6.45, 7) is 13.6. The monoisotopic (exact) mass is 406 g/mol. The Morgan fingerprint density at radius 1 is 0.667 bits per heavy atom. The van der Waals surface area contributed by atoms with E-state index in [0.717, 1.165) is 25.7 Å². The summed E-state index contributed by atoms with van der Waals surface area (Å²) in [6.07, 6.45) is 6.25. The summed E-state index contributed by atoms with van der Waals surface area (Å²) in [5, 5.41) is 0. The molecule has 2 nitrogen and oxygen atoms in total. The van der Waals surface area contributed by atoms with Crippen LogP contribution in [0.1, 0.15) is 78.4 Å². The lowest BCUT2D eigenvalue weighted by Gasteiger charge is -2.32. The van der Waals surface area contributed by atoms with Crippen LogP contribution in [-0.2, 0) is 22.4 Å². The number of ketones is 2. The first kappa shape index (κ1) is 20.5. The number of carbonyl (C=O) groups excluding carboxylic acids is 2. The van der Waals surface area contributed by atoms with Crippen molar-refractivity contribution >= 4 is 11.6 Å². The summed E-state index contributed by atoms with van der Waals surface area (Å²) in [5.74, 6) is 2.38. The largest absolute Gasteiger partial charge is 0.299 e. The molecule has 4 aliphatic rings. The van der Waals surface area contributed by atoms with E-state index in [4.69, 9.17) is 0 Å². The first-order chi connectivity index (χ1) is 13.9. The molecule has 0 N–H and O–H groups in total. The molecule has 0 aliphatic heterocycles. The first-order valence-electron chi connectivity index (χ1n) is 12.1. The van der Waals surface area contributed by atoms with Crippen molar-refractivity contribution in [3.8, 4) is 0 Å². The molecule has 1 aromatic carbocycles. The Hall–Kier alpha value is -1.44. The van der Waals surface area contributed by atoms with Gasteiger partial charge in [0.2, 0.25) is 0 Å². The van der Waals surface area contributed by atoms with Crippen LogP contribution >= 0.6 is 0 Å². The van der Waals surface area contributed by atoms with Gasteiger partial charge in [0, 0.05) is 22.7 Å². The fourth-order valence-electron chi connectivity index (χ4n) is 8.34. The lowest BCUT2D eigenvalue weighted by atomic mass is 9.70. The highest BCUT2D eigenvalue weighted by molar-refractivity contribution is 5.92. The van der Waals surface area contributed by atoms with Crippen LogP contribution in [0.25, 0.3) is 0 Å². The summed E-state index contributed by atoms with van der Waals surface area (Å²) in [6, 6.07) is 8.87. The van der Waals surface area contributed by atoms with E-state index in [9.17, 15) is 9.59 Å². The fourth-order valence-corrected chi connectivity index (χ4v) is 8.34. The SMILES string of the molecule is CC12CCC(C(Cc3ccc(CC4C(=O)C5(C)CCC4C5(C)C)cc3)C1=O)C2(C)C. The van der Waals surface area contributed by atoms with Crippen LogP contribution in [0.15, 0.2) is 24.3 Å². The Morgan fingerprint density at radius 2 is 1.00 bits per heavy atom. The van der Waals surface area contributed by atoms with Crippen molar-refractivity contribution in [3.05, 3.63) is 35.4 Å². The van der Waals surface area contributed by atoms with E-state index in [1.54, 1.807) is 0 Å². The molecule has 0 radical (unpaired) electrons. The number of fused-ring (bicyclic) bond motifs is 4. The maximum atomic E-state index is 13.2. The molecule has 4 aliphatic carbocycles. The normalized spacial score (nSPS) is 43.0. The highest BCUT2D eigenvalue weighted by atomic mass is 16.1. The molecule has 6 unspecified atom stereocenters. The maximum absolute atomic E-state index is 13.2. The Balaban J connectivity index is 1.30. The molecule has 4 bridgehead atoms. The lowest BCUT2D eigenvalue weighted by Crippen LogP contribution is -2.33. The van der Waals surface area contributed by atoms with Crippen molar-refractivity contribution < 1.29 is 9.59 Å². The summed E-state index contributed by atoms with van der Waals surface area (Å²) < 4.78 is 0. The van der Waals surface area contributed by atoms with E-state index >= 15 is 0 Å². The van der Waals surface area contributed by atoms with Crippen molar-refractivity contribution in [2.24, 2.45) is 45.3 Å². The molecule has 4 fully saturated rings. The van der Waals surface area contributed by atoms with Crippen LogP contribution in [0.3, 0.4) is 0 Å². The molecule has 30 heavy (non-hydrogen) atoms. The van der Waals surface area contributed by atoms with Crippen LogP contribution in [-0.4, -0.2) is 11.6 Å². The third kappa shape index (κ3) is 2.32. The summed E-state index contributed by atoms with van der Waals surface area (Å²) >= 11 is 0. The number of rotatable bonds is 4. The third-order valence-corrected chi connectivity index (χ3v) is 11.3. The van der Waals surface area contributed by atoms with E-state index in [-0.39, 0.29) is 33.5 Å². The van der Waals surface area contributed by atoms with Crippen LogP contribution < -0.4 is 0 Å². The molecule has 2 heteroatoms. The number of benzene rings is 1. The second-order valence-corrected chi connectivity index (χ2v) is 12.6. The average Bonchev–Trinajstić information content (AvgIpc) is 3.17. The molecule has 0 heterocycles. The van der Waals surface area contributed by atoms with Gasteiger partial charge < -0.3 is 0 Å². The van der Waals surface area contributed by atoms with Gasteiger partial charge in [0.15, 0.2) is 0 Å². The second kappa shape index (κ2) is 6.08. The van der Waals surface area contributed by atoms with Crippen LogP contribution in [0, 0.1) is 45.3 Å². The van der Waals surface area contributed by atoms with Gasteiger partial charge in [-0.3, -0.25) is 9.59 Å². The Bertz CT molecular complexity index is 832. The minimum Gasteiger partial charge on any atom is -0.299 e. The van der Waals surface area contributed by atoms with Gasteiger partial charge in [0.25, 0.3) is 0 Å². The van der Waals surface area contributed by atoms with Crippen LogP contribution in [0.4, 0.5) is 0 Å². The topological polar surface area (TPSA) is 34.1 Å². The van der Waals surface area contributed by atoms with Gasteiger partial charge in [-0.25, -0.2) is 0 Å². The van der Waals surface area contributed by atoms with Crippen molar-refractivity contribution in [3.63, 3.8) is 0 Å². The number of hydrogen-bond donors (Lipinski definition) is 0. The van der Waals surface area contributed by atoms with E-state index in [0.29, 0.717) is 23.4 Å². The van der Waals surface area contributed by atoms with Crippen molar-refractivity contribution in [1.82, 2.24) is 0 Å². The van der Waals surface area contributed by atoms with E-state index in [1.807, 2.05) is 0 Å². The zero-order valence-corrected chi connectivity index (χ0v) is 19.7. The molecular formula is C28H38O2. The standard InChI is InChI=1S/C28H38O2/c1-25(2)21-11-13-27(25,5)23(29)19(21)15-17-7-9-18(10-8-17)16-20-22-12-14-28(6,24(20)30)26(22,3)4/h7-10,19-22H,11-16H2,1-6H3. The first-order valence-corrected chi connectivity index (χ1v) is 12.1. The maximum Gasteiger partial charge on any atom is 0.142 e. The fraction of sp³-hybridized carbons (Fsp3) is 0.714. The molecule has 5 rings (SSSR count). The highest BCUT2D eigenvalue weighted by Crippen LogP contribution is 2.67. The van der Waals surface area contributed by atoms with Gasteiger partial charge in [-0.05, 0) is 72.3 Å². The second-order valence-electron chi connectivity index (χ2n) is 12.6. The van der Waals surface area contributed by atoms with E-state index in [1.165, 1.54) is 24.0 Å². The van der Waals surface area contributed by atoms with Gasteiger partial charge >= 0.3 is 0 Å². The highest BCUT2D eigenvalue weighted by Gasteiger charge is 2.66. The zero-order chi connectivity index (χ0) is 21.7.